The number of ether oxygens (including phenoxy) is 1. The standard InChI is InChI=1S/C75H65N5O3/c1-42(2)57-36-51(48-22-13-11-14-23-48)37-58(43(3)4)68(57)79-66-30-19-17-28-64(66)77-74(79)50-26-21-27-53(35-50)81-54-40-62-56-33-32-55-61-34-46(9)76-47(10)70(61)82-72(55)73(56)83-71(62)63(41-54)75-78-65-29-18-20-31-67(65)80(75)69-59(44(5)6)38-52(39-60(69)45(7)8)49-24-15-12-16-25-49/h11-45H,1-10H3. The molecule has 0 aliphatic heterocycles. The monoisotopic (exact) mass is 1080 g/mol. The van der Waals surface area contributed by atoms with Crippen LogP contribution in [0.3, 0.4) is 0 Å². The van der Waals surface area contributed by atoms with Gasteiger partial charge in [0.05, 0.1) is 44.7 Å². The first-order valence-electron chi connectivity index (χ1n) is 29.2. The molecule has 0 fully saturated rings. The van der Waals surface area contributed by atoms with Crippen LogP contribution in [0.2, 0.25) is 0 Å². The second-order valence-corrected chi connectivity index (χ2v) is 23.6. The van der Waals surface area contributed by atoms with Gasteiger partial charge in [-0.3, -0.25) is 14.1 Å². The zero-order valence-corrected chi connectivity index (χ0v) is 48.7. The number of pyridine rings is 1. The maximum Gasteiger partial charge on any atom is 0.178 e. The molecule has 0 aliphatic rings. The van der Waals surface area contributed by atoms with E-state index in [-0.39, 0.29) is 23.7 Å². The van der Waals surface area contributed by atoms with Crippen molar-refractivity contribution in [1.29, 1.82) is 0 Å². The molecule has 0 radical (unpaired) electrons. The molecule has 8 nitrogen and oxygen atoms in total. The van der Waals surface area contributed by atoms with Crippen LogP contribution in [0.5, 0.6) is 11.5 Å². The number of nitrogens with zero attached hydrogens (tertiary/aromatic N) is 5. The number of aryl methyl sites for hydroxylation is 2. The molecule has 0 amide bonds. The molecule has 8 heteroatoms. The predicted molar refractivity (Wildman–Crippen MR) is 342 cm³/mol. The minimum absolute atomic E-state index is 0.173. The summed E-state index contributed by atoms with van der Waals surface area (Å²) in [5.74, 6) is 3.68. The van der Waals surface area contributed by atoms with Gasteiger partial charge in [-0.1, -0.05) is 152 Å². The summed E-state index contributed by atoms with van der Waals surface area (Å²) in [5, 5.41) is 3.77. The Kier molecular flexibility index (Phi) is 12.5. The fraction of sp³-hybridized carbons (Fsp3) is 0.187. The summed E-state index contributed by atoms with van der Waals surface area (Å²) in [6, 6.07) is 66.9. The van der Waals surface area contributed by atoms with Crippen molar-refractivity contribution < 1.29 is 13.6 Å². The molecule has 0 atom stereocenters. The Bertz CT molecular complexity index is 4800. The van der Waals surface area contributed by atoms with Gasteiger partial charge >= 0.3 is 0 Å². The zero-order valence-electron chi connectivity index (χ0n) is 48.7. The number of benzene rings is 9. The molecule has 0 spiro atoms. The largest absolute Gasteiger partial charge is 0.457 e. The lowest BCUT2D eigenvalue weighted by Gasteiger charge is -2.24. The van der Waals surface area contributed by atoms with Gasteiger partial charge in [0, 0.05) is 32.8 Å². The molecule has 5 heterocycles. The van der Waals surface area contributed by atoms with Crippen molar-refractivity contribution in [2.45, 2.75) is 92.9 Å². The van der Waals surface area contributed by atoms with Gasteiger partial charge in [-0.05, 0) is 173 Å². The number of aromatic nitrogens is 5. The average Bonchev–Trinajstić information content (AvgIpc) is 3.80. The molecular weight excluding hydrogens is 1020 g/mol. The van der Waals surface area contributed by atoms with Gasteiger partial charge in [0.2, 0.25) is 0 Å². The Morgan fingerprint density at radius 1 is 0.361 bits per heavy atom. The summed E-state index contributed by atoms with van der Waals surface area (Å²) < 4.78 is 26.1. The van der Waals surface area contributed by atoms with Crippen LogP contribution in [0.4, 0.5) is 0 Å². The van der Waals surface area contributed by atoms with Crippen molar-refractivity contribution in [2.75, 3.05) is 0 Å². The van der Waals surface area contributed by atoms with Gasteiger partial charge in [0.15, 0.2) is 16.7 Å². The van der Waals surface area contributed by atoms with Gasteiger partial charge in [0.25, 0.3) is 0 Å². The molecule has 408 valence electrons. The first kappa shape index (κ1) is 51.6. The lowest BCUT2D eigenvalue weighted by molar-refractivity contribution is 0.483. The number of hydrogen-bond donors (Lipinski definition) is 0. The van der Waals surface area contributed by atoms with Crippen molar-refractivity contribution in [3.05, 3.63) is 222 Å². The Morgan fingerprint density at radius 3 is 1.35 bits per heavy atom. The minimum atomic E-state index is 0.173. The Balaban J connectivity index is 0.995. The van der Waals surface area contributed by atoms with Crippen LogP contribution in [-0.2, 0) is 0 Å². The van der Waals surface area contributed by atoms with E-state index in [1.54, 1.807) is 0 Å². The van der Waals surface area contributed by atoms with Gasteiger partial charge in [-0.2, -0.15) is 0 Å². The zero-order chi connectivity index (χ0) is 56.9. The van der Waals surface area contributed by atoms with Crippen molar-refractivity contribution in [3.8, 4) is 67.9 Å². The number of hydrogen-bond acceptors (Lipinski definition) is 6. The molecule has 0 unspecified atom stereocenters. The van der Waals surface area contributed by atoms with Gasteiger partial charge in [0.1, 0.15) is 28.7 Å². The van der Waals surface area contributed by atoms with E-state index in [2.05, 4.69) is 247 Å². The van der Waals surface area contributed by atoms with E-state index in [4.69, 9.17) is 28.5 Å². The second kappa shape index (κ2) is 20.2. The van der Waals surface area contributed by atoms with Crippen LogP contribution in [0, 0.1) is 13.8 Å². The summed E-state index contributed by atoms with van der Waals surface area (Å²) in [6.07, 6.45) is 0. The summed E-state index contributed by atoms with van der Waals surface area (Å²) in [5.41, 5.74) is 22.2. The quantitative estimate of drug-likeness (QED) is 0.121. The van der Waals surface area contributed by atoms with Crippen LogP contribution in [0.1, 0.15) is 113 Å². The van der Waals surface area contributed by atoms with Crippen LogP contribution in [-0.4, -0.2) is 24.1 Å². The van der Waals surface area contributed by atoms with Gasteiger partial charge in [-0.15, -0.1) is 0 Å². The van der Waals surface area contributed by atoms with Gasteiger partial charge < -0.3 is 13.6 Å². The van der Waals surface area contributed by atoms with E-state index in [1.807, 2.05) is 19.9 Å². The smallest absolute Gasteiger partial charge is 0.178 e. The van der Waals surface area contributed by atoms with Crippen LogP contribution >= 0.6 is 0 Å². The number of imidazole rings is 2. The third-order valence-electron chi connectivity index (χ3n) is 16.6. The average molecular weight is 1080 g/mol. The van der Waals surface area contributed by atoms with E-state index >= 15 is 0 Å². The summed E-state index contributed by atoms with van der Waals surface area (Å²) in [7, 11) is 0. The Labute approximate surface area is 483 Å². The molecule has 0 N–H and O–H groups in total. The molecule has 0 saturated carbocycles. The topological polar surface area (TPSA) is 84.0 Å². The fourth-order valence-corrected chi connectivity index (χ4v) is 12.6. The van der Waals surface area contributed by atoms with E-state index in [0.29, 0.717) is 28.2 Å². The molecule has 0 saturated heterocycles. The normalized spacial score (nSPS) is 12.2. The molecule has 83 heavy (non-hydrogen) atoms. The van der Waals surface area contributed by atoms with E-state index < -0.39 is 0 Å². The highest BCUT2D eigenvalue weighted by Crippen LogP contribution is 2.48. The minimum Gasteiger partial charge on any atom is -0.457 e. The molecular formula is C75H65N5O3. The van der Waals surface area contributed by atoms with Crippen LogP contribution in [0.15, 0.2) is 197 Å². The van der Waals surface area contributed by atoms with Crippen molar-refractivity contribution >= 4 is 65.9 Å². The first-order valence-corrected chi connectivity index (χ1v) is 29.2. The van der Waals surface area contributed by atoms with Crippen molar-refractivity contribution in [2.24, 2.45) is 0 Å². The number of para-hydroxylation sites is 4. The van der Waals surface area contributed by atoms with Crippen molar-refractivity contribution in [1.82, 2.24) is 24.1 Å². The highest BCUT2D eigenvalue weighted by Gasteiger charge is 2.29. The molecule has 14 aromatic rings. The number of fused-ring (bicyclic) bond motifs is 9. The Hall–Kier alpha value is -9.53. The highest BCUT2D eigenvalue weighted by atomic mass is 16.5. The highest BCUT2D eigenvalue weighted by molar-refractivity contribution is 6.20. The maximum absolute atomic E-state index is 7.29. The van der Waals surface area contributed by atoms with Crippen LogP contribution in [0.25, 0.3) is 122 Å². The lowest BCUT2D eigenvalue weighted by atomic mass is 9.88. The Morgan fingerprint density at radius 2 is 0.819 bits per heavy atom. The van der Waals surface area contributed by atoms with E-state index in [0.717, 1.165) is 89.0 Å². The lowest BCUT2D eigenvalue weighted by Crippen LogP contribution is -2.09. The summed E-state index contributed by atoms with van der Waals surface area (Å²) >= 11 is 0. The molecule has 5 aromatic heterocycles. The van der Waals surface area contributed by atoms with E-state index in [1.165, 1.54) is 50.2 Å². The molecule has 0 aliphatic carbocycles. The third-order valence-corrected chi connectivity index (χ3v) is 16.6. The third kappa shape index (κ3) is 8.69. The molecule has 0 bridgehead atoms. The maximum atomic E-state index is 7.29. The fourth-order valence-electron chi connectivity index (χ4n) is 12.6. The van der Waals surface area contributed by atoms with Gasteiger partial charge in [-0.25, -0.2) is 9.97 Å². The molecule has 14 rings (SSSR count). The predicted octanol–water partition coefficient (Wildman–Crippen LogP) is 21.1. The number of rotatable bonds is 12. The van der Waals surface area contributed by atoms with E-state index in [9.17, 15) is 0 Å². The molecule has 9 aromatic carbocycles. The SMILES string of the molecule is Cc1cc2c(oc3c2ccc2c4cc(Oc5cccc(-c6nc7ccccc7n6-c6c(C(C)C)cc(-c7ccccc7)cc6C(C)C)c5)cc(-c5nc6ccccc6n5-c5c(C(C)C)cc(-c6ccccc6)cc5C(C)C)c4oc23)c(C)n1. The van der Waals surface area contributed by atoms with Crippen LogP contribution < -0.4 is 4.74 Å². The number of furan rings is 2. The summed E-state index contributed by atoms with van der Waals surface area (Å²) in [6.45, 7) is 22.4. The van der Waals surface area contributed by atoms with Crippen molar-refractivity contribution in [3.63, 3.8) is 0 Å². The summed E-state index contributed by atoms with van der Waals surface area (Å²) in [4.78, 5) is 15.8. The second-order valence-electron chi connectivity index (χ2n) is 23.6. The first-order chi connectivity index (χ1) is 40.3.